The number of carbonyl (C=O) groups excluding carboxylic acids is 2. The zero-order chi connectivity index (χ0) is 42.0. The summed E-state index contributed by atoms with van der Waals surface area (Å²) < 4.78 is 38.8. The molecular weight excluding hydrogens is 751 g/mol. The van der Waals surface area contributed by atoms with Crippen molar-refractivity contribution < 1.29 is 48.2 Å². The molecule has 1 saturated heterocycles. The molecule has 11 nitrogen and oxygen atoms in total. The third-order valence-electron chi connectivity index (χ3n) is 16.5. The van der Waals surface area contributed by atoms with E-state index in [1.807, 2.05) is 6.07 Å². The molecule has 59 heavy (non-hydrogen) atoms. The van der Waals surface area contributed by atoms with Gasteiger partial charge in [-0.15, -0.1) is 0 Å². The third-order valence-corrected chi connectivity index (χ3v) is 16.5. The molecule has 1 heterocycles. The van der Waals surface area contributed by atoms with Gasteiger partial charge >= 0.3 is 11.9 Å². The molecule has 0 amide bonds. The minimum atomic E-state index is -1.77. The van der Waals surface area contributed by atoms with Gasteiger partial charge in [-0.05, 0) is 50.8 Å². The zero-order valence-corrected chi connectivity index (χ0v) is 36.9. The monoisotopic (exact) mass is 826 g/mol. The van der Waals surface area contributed by atoms with Crippen LogP contribution in [0, 0.1) is 34.5 Å². The van der Waals surface area contributed by atoms with Crippen LogP contribution < -0.4 is 0 Å². The van der Waals surface area contributed by atoms with E-state index in [4.69, 9.17) is 28.4 Å². The number of nitrogens with zero attached hydrogens (tertiary/aromatic N) is 1. The van der Waals surface area contributed by atoms with Crippen molar-refractivity contribution >= 4 is 11.9 Å². The lowest BCUT2D eigenvalue weighted by molar-refractivity contribution is -0.317. The number of aliphatic hydroxyl groups is 2. The molecule has 332 valence electrons. The number of aliphatic hydroxyl groups excluding tert-OH is 1. The molecule has 0 radical (unpaired) electrons. The van der Waals surface area contributed by atoms with Gasteiger partial charge in [0.15, 0.2) is 5.60 Å². The first kappa shape index (κ1) is 44.9. The van der Waals surface area contributed by atoms with E-state index in [2.05, 4.69) is 18.9 Å². The Kier molecular flexibility index (Phi) is 14.2. The number of carbonyl (C=O) groups is 2. The van der Waals surface area contributed by atoms with Crippen LogP contribution in [0.4, 0.5) is 0 Å². The van der Waals surface area contributed by atoms with E-state index in [1.165, 1.54) is 71.3 Å². The first-order valence-electron chi connectivity index (χ1n) is 23.2. The van der Waals surface area contributed by atoms with Gasteiger partial charge in [-0.3, -0.25) is 4.79 Å². The summed E-state index contributed by atoms with van der Waals surface area (Å²) in [5.41, 5.74) is -3.96. The van der Waals surface area contributed by atoms with Crippen LogP contribution in [0.25, 0.3) is 0 Å². The summed E-state index contributed by atoms with van der Waals surface area (Å²) in [7, 11) is 8.82. The molecule has 11 heteroatoms. The van der Waals surface area contributed by atoms with Gasteiger partial charge in [0.05, 0.1) is 24.4 Å². The average molecular weight is 826 g/mol. The zero-order valence-electron chi connectivity index (χ0n) is 36.9. The summed E-state index contributed by atoms with van der Waals surface area (Å²) in [5, 5.41) is 26.0. The van der Waals surface area contributed by atoms with Gasteiger partial charge < -0.3 is 43.5 Å². The van der Waals surface area contributed by atoms with Crippen LogP contribution in [0.5, 0.6) is 0 Å². The second kappa shape index (κ2) is 18.7. The number of esters is 2. The predicted octanol–water partition coefficient (Wildman–Crippen LogP) is 7.14. The summed E-state index contributed by atoms with van der Waals surface area (Å²) >= 11 is 0. The lowest BCUT2D eigenvalue weighted by Crippen LogP contribution is -2.80. The molecular formula is C48H75NO10. The summed E-state index contributed by atoms with van der Waals surface area (Å²) in [6, 6.07) is 8.53. The normalized spacial score (nSPS) is 40.3. The fraction of sp³-hybridized carbons (Fsp3) is 0.833. The van der Waals surface area contributed by atoms with E-state index in [-0.39, 0.29) is 42.2 Å². The highest BCUT2D eigenvalue weighted by Crippen LogP contribution is 2.80. The van der Waals surface area contributed by atoms with Crippen LogP contribution in [-0.2, 0) is 33.2 Å². The Morgan fingerprint density at radius 1 is 0.814 bits per heavy atom. The van der Waals surface area contributed by atoms with Crippen molar-refractivity contribution in [3.05, 3.63) is 35.9 Å². The van der Waals surface area contributed by atoms with Crippen LogP contribution in [-0.4, -0.2) is 123 Å². The molecule has 6 aliphatic rings. The number of piperidine rings is 1. The predicted molar refractivity (Wildman–Crippen MR) is 224 cm³/mol. The third kappa shape index (κ3) is 7.32. The van der Waals surface area contributed by atoms with Crippen molar-refractivity contribution in [2.24, 2.45) is 34.5 Å². The molecule has 14 atom stereocenters. The lowest BCUT2D eigenvalue weighted by atomic mass is 9.43. The summed E-state index contributed by atoms with van der Waals surface area (Å²) in [4.78, 5) is 30.9. The summed E-state index contributed by atoms with van der Waals surface area (Å²) in [5.74, 6) is -2.78. The maximum Gasteiger partial charge on any atom is 0.338 e. The Hall–Kier alpha value is -2.12. The maximum atomic E-state index is 14.5. The van der Waals surface area contributed by atoms with Crippen LogP contribution in [0.15, 0.2) is 30.3 Å². The Bertz CT molecular complexity index is 1560. The molecule has 1 aromatic rings. The molecule has 2 N–H and O–H groups in total. The molecule has 1 aliphatic heterocycles. The van der Waals surface area contributed by atoms with Gasteiger partial charge in [0.1, 0.15) is 23.9 Å². The van der Waals surface area contributed by atoms with Crippen LogP contribution >= 0.6 is 0 Å². The Labute approximate surface area is 353 Å². The molecule has 1 unspecified atom stereocenters. The number of methoxy groups -OCH3 is 4. The van der Waals surface area contributed by atoms with E-state index in [9.17, 15) is 19.8 Å². The number of unbranched alkanes of at least 4 members (excludes halogenated alkanes) is 13. The molecule has 7 bridgehead atoms. The van der Waals surface area contributed by atoms with Crippen molar-refractivity contribution in [2.75, 3.05) is 48.6 Å². The van der Waals surface area contributed by atoms with Crippen molar-refractivity contribution in [1.29, 1.82) is 0 Å². The lowest BCUT2D eigenvalue weighted by Gasteiger charge is -2.69. The number of ether oxygens (including phenoxy) is 6. The number of benzene rings is 1. The second-order valence-corrected chi connectivity index (χ2v) is 19.4. The van der Waals surface area contributed by atoms with Crippen molar-refractivity contribution in [3.63, 3.8) is 0 Å². The topological polar surface area (TPSA) is 133 Å². The molecule has 6 fully saturated rings. The minimum Gasteiger partial charge on any atom is -0.455 e. The van der Waals surface area contributed by atoms with Crippen molar-refractivity contribution in [3.8, 4) is 0 Å². The number of hydrogen-bond acceptors (Lipinski definition) is 11. The quantitative estimate of drug-likeness (QED) is 0.0863. The Morgan fingerprint density at radius 3 is 2.02 bits per heavy atom. The highest BCUT2D eigenvalue weighted by molar-refractivity contribution is 5.89. The molecule has 7 rings (SSSR count). The Morgan fingerprint density at radius 2 is 1.44 bits per heavy atom. The second-order valence-electron chi connectivity index (χ2n) is 19.4. The summed E-state index contributed by atoms with van der Waals surface area (Å²) in [6.07, 6.45) is 14.5. The SMILES string of the molecule is CCCCCCCCCCCCCCCCC(=O)O[C@]12[C@H]3[C@@H](OC(=O)c4ccccc4)[C@](O)(C[C@H]3[C@@]34C5[C@@H]1[C@H](OC)[C@@H]3[C@@](COC)(CC[C@@H]4OC)CN5C)[C@@H](OC)[C@@H]2O. The van der Waals surface area contributed by atoms with Gasteiger partial charge in [-0.1, -0.05) is 109 Å². The van der Waals surface area contributed by atoms with Crippen LogP contribution in [0.2, 0.25) is 0 Å². The smallest absolute Gasteiger partial charge is 0.338 e. The fourth-order valence-corrected chi connectivity index (χ4v) is 14.7. The molecule has 5 saturated carbocycles. The standard InChI is InChI=1S/C48H75NO10/c1-7-8-9-10-11-12-13-14-15-16-17-18-19-23-26-35(50)59-48-36-33(29-46(53,43(57-6)41(48)51)42(36)58-44(52)32-24-21-20-22-25-32)47-34(55-4)27-28-45(31-54-3)30-49(2)40(47)37(48)38(56-5)39(45)47/h20-22,24-25,33-34,36-43,51,53H,7-19,23,26-31H2,1-6H3/t33-,34+,36-,37+,38+,39-,40?,41+,42-,43+,45+,46-,47+,48-/m1/s1. The minimum absolute atomic E-state index is 0.108. The number of fused-ring (bicyclic) bond motifs is 2. The van der Waals surface area contributed by atoms with Gasteiger partial charge in [-0.2, -0.15) is 0 Å². The van der Waals surface area contributed by atoms with E-state index in [1.54, 1.807) is 45.6 Å². The number of hydrogen-bond donors (Lipinski definition) is 2. The van der Waals surface area contributed by atoms with E-state index in [0.29, 0.717) is 18.6 Å². The first-order chi connectivity index (χ1) is 28.6. The van der Waals surface area contributed by atoms with Gasteiger partial charge in [0, 0.05) is 76.0 Å². The van der Waals surface area contributed by atoms with Gasteiger partial charge in [0.2, 0.25) is 0 Å². The highest BCUT2D eigenvalue weighted by Gasteiger charge is 2.91. The largest absolute Gasteiger partial charge is 0.455 e. The van der Waals surface area contributed by atoms with Crippen molar-refractivity contribution in [2.45, 2.75) is 170 Å². The number of likely N-dealkylation sites (tertiary alicyclic amines) is 1. The van der Waals surface area contributed by atoms with Gasteiger partial charge in [-0.25, -0.2) is 4.79 Å². The molecule has 1 aromatic carbocycles. The van der Waals surface area contributed by atoms with E-state index in [0.717, 1.165) is 38.6 Å². The van der Waals surface area contributed by atoms with E-state index < -0.39 is 64.8 Å². The highest BCUT2D eigenvalue weighted by atomic mass is 16.6. The van der Waals surface area contributed by atoms with E-state index >= 15 is 0 Å². The Balaban J connectivity index is 1.17. The fourth-order valence-electron chi connectivity index (χ4n) is 14.7. The first-order valence-corrected chi connectivity index (χ1v) is 23.2. The van der Waals surface area contributed by atoms with Crippen molar-refractivity contribution in [1.82, 2.24) is 4.90 Å². The molecule has 0 aromatic heterocycles. The van der Waals surface area contributed by atoms with Crippen LogP contribution in [0.3, 0.4) is 0 Å². The average Bonchev–Trinajstić information content (AvgIpc) is 3.62. The molecule has 5 aliphatic carbocycles. The number of rotatable bonds is 23. The van der Waals surface area contributed by atoms with Gasteiger partial charge in [0.25, 0.3) is 0 Å². The maximum absolute atomic E-state index is 14.5. The summed E-state index contributed by atoms with van der Waals surface area (Å²) in [6.45, 7) is 3.51. The van der Waals surface area contributed by atoms with Crippen LogP contribution in [0.1, 0.15) is 133 Å². The molecule has 1 spiro atoms.